The summed E-state index contributed by atoms with van der Waals surface area (Å²) in [4.78, 5) is 32.8. The van der Waals surface area contributed by atoms with Crippen LogP contribution in [0.15, 0.2) is 89.9 Å². The summed E-state index contributed by atoms with van der Waals surface area (Å²) in [6, 6.07) is 13.5. The lowest BCUT2D eigenvalue weighted by atomic mass is 9.95. The van der Waals surface area contributed by atoms with E-state index in [-0.39, 0.29) is 22.8 Å². The van der Waals surface area contributed by atoms with Crippen LogP contribution in [0.2, 0.25) is 20.4 Å². The summed E-state index contributed by atoms with van der Waals surface area (Å²) in [7, 11) is 0. The quantitative estimate of drug-likeness (QED) is 0.0403. The first-order chi connectivity index (χ1) is 32.1. The molecule has 0 aliphatic rings. The Morgan fingerprint density at radius 1 is 0.681 bits per heavy atom. The lowest BCUT2D eigenvalue weighted by Crippen LogP contribution is -2.61. The van der Waals surface area contributed by atoms with Crippen molar-refractivity contribution in [2.45, 2.75) is 74.8 Å². The van der Waals surface area contributed by atoms with Crippen molar-refractivity contribution in [3.63, 3.8) is 0 Å². The predicted molar refractivity (Wildman–Crippen MR) is 224 cm³/mol. The van der Waals surface area contributed by atoms with Crippen LogP contribution in [0, 0.1) is 0 Å². The smallest absolute Gasteiger partial charge is 0.416 e. The van der Waals surface area contributed by atoms with Gasteiger partial charge in [0.2, 0.25) is 11.2 Å². The van der Waals surface area contributed by atoms with Gasteiger partial charge in [0, 0.05) is 0 Å². The van der Waals surface area contributed by atoms with Gasteiger partial charge in [-0.1, -0.05) is 113 Å². The summed E-state index contributed by atoms with van der Waals surface area (Å²) in [6.45, 7) is 1.76. The van der Waals surface area contributed by atoms with Gasteiger partial charge in [-0.2, -0.15) is 52.7 Å². The third kappa shape index (κ3) is 12.9. The predicted octanol–water partition coefficient (Wildman–Crippen LogP) is 12.9. The largest absolute Gasteiger partial charge is 0.426 e. The molecule has 27 heteroatoms. The summed E-state index contributed by atoms with van der Waals surface area (Å²) >= 11 is 23.0. The zero-order valence-corrected chi connectivity index (χ0v) is 37.4. The van der Waals surface area contributed by atoms with E-state index in [1.807, 2.05) is 0 Å². The molecule has 2 unspecified atom stereocenters. The molecular weight excluding hydrogens is 1040 g/mol. The molecule has 2 aromatic carbocycles. The molecule has 0 bridgehead atoms. The van der Waals surface area contributed by atoms with E-state index in [4.69, 9.17) is 60.3 Å². The van der Waals surface area contributed by atoms with Crippen LogP contribution in [0.3, 0.4) is 0 Å². The molecular formula is C42H30Cl4F12N6O5. The number of ether oxygens (including phenoxy) is 2. The average molecular weight is 1070 g/mol. The van der Waals surface area contributed by atoms with Crippen molar-refractivity contribution in [2.75, 3.05) is 0 Å². The van der Waals surface area contributed by atoms with Gasteiger partial charge in [0.05, 0.1) is 34.4 Å². The van der Waals surface area contributed by atoms with Gasteiger partial charge >= 0.3 is 24.7 Å². The molecule has 69 heavy (non-hydrogen) atoms. The van der Waals surface area contributed by atoms with Gasteiger partial charge in [-0.05, 0) is 60.6 Å². The van der Waals surface area contributed by atoms with E-state index in [0.717, 1.165) is 6.08 Å². The molecule has 2 N–H and O–H groups in total. The molecule has 0 saturated carbocycles. The van der Waals surface area contributed by atoms with Gasteiger partial charge in [0.15, 0.2) is 0 Å². The molecule has 0 fully saturated rings. The Labute approximate surface area is 401 Å². The van der Waals surface area contributed by atoms with E-state index < -0.39 is 141 Å². The van der Waals surface area contributed by atoms with Gasteiger partial charge in [-0.3, -0.25) is 20.4 Å². The number of nitrogens with one attached hydrogen (secondary N) is 2. The molecule has 0 spiro atoms. The zero-order valence-electron chi connectivity index (χ0n) is 34.4. The molecule has 5 rings (SSSR count). The SMILES string of the molecule is C=CCCC(OCc1cccc(/C=C/CCC(OCc2ccccc2)(c2nnc(-c3nc(Cl)c(C(F)(F)F)cc3Cl)o2)C(F)(F)F)c1)(C(=O)NNC(=O)c1nc(Cl)c(C(F)(F)F)cc1Cl)C(F)(F)F. The number of carbonyl (C=O) groups excluding carboxylic acids is 2. The molecule has 11 nitrogen and oxygen atoms in total. The topological polar surface area (TPSA) is 141 Å². The number of benzene rings is 2. The number of halogens is 16. The van der Waals surface area contributed by atoms with E-state index in [1.54, 1.807) is 11.5 Å². The summed E-state index contributed by atoms with van der Waals surface area (Å²) in [5.74, 6) is -5.54. The Balaban J connectivity index is 1.37. The van der Waals surface area contributed by atoms with Crippen LogP contribution in [0.4, 0.5) is 52.7 Å². The lowest BCUT2D eigenvalue weighted by molar-refractivity contribution is -0.299. The highest BCUT2D eigenvalue weighted by Crippen LogP contribution is 2.47. The number of hydrogen-bond acceptors (Lipinski definition) is 9. The summed E-state index contributed by atoms with van der Waals surface area (Å²) in [6.07, 6.45) is -20.3. The van der Waals surface area contributed by atoms with Gasteiger partial charge in [0.25, 0.3) is 23.6 Å². The highest BCUT2D eigenvalue weighted by molar-refractivity contribution is 6.35. The van der Waals surface area contributed by atoms with Crippen LogP contribution in [-0.4, -0.2) is 49.9 Å². The monoisotopic (exact) mass is 1070 g/mol. The minimum absolute atomic E-state index is 0.00135. The van der Waals surface area contributed by atoms with Crippen LogP contribution < -0.4 is 10.9 Å². The number of allylic oxidation sites excluding steroid dienone is 2. The van der Waals surface area contributed by atoms with Crippen molar-refractivity contribution < 1.29 is 76.2 Å². The van der Waals surface area contributed by atoms with Crippen LogP contribution in [-0.2, 0) is 45.4 Å². The molecule has 0 aliphatic carbocycles. The number of alkyl halides is 12. The van der Waals surface area contributed by atoms with Crippen molar-refractivity contribution in [3.05, 3.63) is 145 Å². The molecule has 0 aliphatic heterocycles. The van der Waals surface area contributed by atoms with Crippen molar-refractivity contribution in [2.24, 2.45) is 0 Å². The van der Waals surface area contributed by atoms with E-state index in [9.17, 15) is 49.1 Å². The Morgan fingerprint density at radius 3 is 1.90 bits per heavy atom. The van der Waals surface area contributed by atoms with Crippen molar-refractivity contribution >= 4 is 64.3 Å². The van der Waals surface area contributed by atoms with Gasteiger partial charge in [-0.15, -0.1) is 16.8 Å². The lowest BCUT2D eigenvalue weighted by Gasteiger charge is -2.34. The fraction of sp³-hybridized carbons (Fsp3) is 0.286. The fourth-order valence-corrected chi connectivity index (χ4v) is 7.13. The first-order valence-corrected chi connectivity index (χ1v) is 20.8. The summed E-state index contributed by atoms with van der Waals surface area (Å²) < 4.78 is 186. The van der Waals surface area contributed by atoms with Crippen LogP contribution >= 0.6 is 46.4 Å². The third-order valence-corrected chi connectivity index (χ3v) is 10.8. The Bertz CT molecular complexity index is 2680. The Hall–Kier alpha value is -5.46. The van der Waals surface area contributed by atoms with Gasteiger partial charge < -0.3 is 13.9 Å². The highest BCUT2D eigenvalue weighted by atomic mass is 35.5. The van der Waals surface area contributed by atoms with Crippen LogP contribution in [0.5, 0.6) is 0 Å². The Morgan fingerprint density at radius 2 is 1.29 bits per heavy atom. The standard InChI is InChI=1S/C42H30Cl4F12N6O5/c1-2-3-15-37(41(53,54)55,35(66)63-61-33(65)29-27(43)18-25(31(45)59-29)39(47,48)49)67-21-24-14-9-13-22(17-24)10-7-8-16-38(42(56,57)58,68-20-23-11-5-4-6-12-23)36-64-62-34(69-36)30-28(44)19-26(32(46)60-30)40(50,51)52/h2,4-7,9-14,17-19H,1,3,8,15-16,20-21H2,(H,61,65)(H,63,66)/b10-7+. The first-order valence-electron chi connectivity index (χ1n) is 19.3. The first kappa shape index (κ1) is 54.5. The van der Waals surface area contributed by atoms with E-state index >= 15 is 13.2 Å². The van der Waals surface area contributed by atoms with E-state index in [1.165, 1.54) is 66.1 Å². The highest BCUT2D eigenvalue weighted by Gasteiger charge is 2.62. The number of aromatic nitrogens is 4. The molecule has 370 valence electrons. The average Bonchev–Trinajstić information content (AvgIpc) is 3.76. The van der Waals surface area contributed by atoms with Crippen LogP contribution in [0.1, 0.15) is 69.9 Å². The molecule has 3 aromatic heterocycles. The van der Waals surface area contributed by atoms with Crippen molar-refractivity contribution in [1.82, 2.24) is 31.0 Å². The van der Waals surface area contributed by atoms with Gasteiger partial charge in [0.1, 0.15) is 21.7 Å². The maximum Gasteiger partial charge on any atom is 0.426 e. The number of pyridine rings is 2. The van der Waals surface area contributed by atoms with Gasteiger partial charge in [-0.25, -0.2) is 9.97 Å². The summed E-state index contributed by atoms with van der Waals surface area (Å²) in [5, 5.41) is 3.09. The van der Waals surface area contributed by atoms with Crippen molar-refractivity contribution in [3.8, 4) is 11.6 Å². The maximum absolute atomic E-state index is 15.3. The second kappa shape index (κ2) is 21.7. The third-order valence-electron chi connectivity index (χ3n) is 9.67. The maximum atomic E-state index is 15.3. The molecule has 2 atom stereocenters. The van der Waals surface area contributed by atoms with Crippen LogP contribution in [0.25, 0.3) is 17.7 Å². The van der Waals surface area contributed by atoms with E-state index in [0.29, 0.717) is 6.07 Å². The second-order valence-electron chi connectivity index (χ2n) is 14.4. The number of rotatable bonds is 17. The zero-order chi connectivity index (χ0) is 51.2. The number of hydrazine groups is 1. The van der Waals surface area contributed by atoms with Crippen molar-refractivity contribution in [1.29, 1.82) is 0 Å². The molecule has 2 amide bonds. The summed E-state index contributed by atoms with van der Waals surface area (Å²) in [5.41, 5.74) is -8.07. The molecule has 0 radical (unpaired) electrons. The minimum atomic E-state index is -5.49. The minimum Gasteiger partial charge on any atom is -0.416 e. The molecule has 5 aromatic rings. The molecule has 0 saturated heterocycles. The number of amides is 2. The number of hydrogen-bond donors (Lipinski definition) is 2. The second-order valence-corrected chi connectivity index (χ2v) is 15.9. The molecule has 3 heterocycles. The van der Waals surface area contributed by atoms with E-state index in [2.05, 4.69) is 26.7 Å². The number of nitrogens with zero attached hydrogens (tertiary/aromatic N) is 4. The number of carbonyl (C=O) groups is 2. The Kier molecular flexibility index (Phi) is 17.1. The fourth-order valence-electron chi connectivity index (χ4n) is 6.17. The normalized spacial score (nSPS) is 14.3.